The van der Waals surface area contributed by atoms with E-state index in [1.807, 2.05) is 11.8 Å². The van der Waals surface area contributed by atoms with Crippen molar-refractivity contribution in [1.82, 2.24) is 10.2 Å². The van der Waals surface area contributed by atoms with Crippen molar-refractivity contribution in [3.05, 3.63) is 28.8 Å². The minimum atomic E-state index is -0.224. The highest BCUT2D eigenvalue weighted by Gasteiger charge is 2.18. The Kier molecular flexibility index (Phi) is 6.58. The molecule has 1 aromatic carbocycles. The summed E-state index contributed by atoms with van der Waals surface area (Å²) in [7, 11) is 0. The van der Waals surface area contributed by atoms with Gasteiger partial charge in [0.05, 0.1) is 12.1 Å². The molecular formula is C16H21ClN2O2S. The summed E-state index contributed by atoms with van der Waals surface area (Å²) >= 11 is 7.55. The van der Waals surface area contributed by atoms with Crippen LogP contribution in [0.4, 0.5) is 0 Å². The Balaban J connectivity index is 1.95. The molecule has 1 fully saturated rings. The molecule has 0 bridgehead atoms. The van der Waals surface area contributed by atoms with Crippen LogP contribution in [0.1, 0.15) is 36.5 Å². The number of rotatable bonds is 5. The summed E-state index contributed by atoms with van der Waals surface area (Å²) in [6, 6.07) is 5.20. The number of likely N-dealkylation sites (tertiary alicyclic amines) is 1. The minimum Gasteiger partial charge on any atom is -0.343 e. The molecule has 0 saturated carbocycles. The number of benzene rings is 1. The van der Waals surface area contributed by atoms with Gasteiger partial charge < -0.3 is 10.2 Å². The van der Waals surface area contributed by atoms with Gasteiger partial charge in [-0.3, -0.25) is 9.59 Å². The topological polar surface area (TPSA) is 49.4 Å². The van der Waals surface area contributed by atoms with Crippen molar-refractivity contribution in [2.45, 2.75) is 31.1 Å². The molecular weight excluding hydrogens is 320 g/mol. The summed E-state index contributed by atoms with van der Waals surface area (Å²) in [5.41, 5.74) is 0.572. The van der Waals surface area contributed by atoms with Crippen molar-refractivity contribution in [2.75, 3.05) is 25.4 Å². The van der Waals surface area contributed by atoms with Gasteiger partial charge in [-0.1, -0.05) is 18.5 Å². The van der Waals surface area contributed by atoms with Crippen molar-refractivity contribution in [2.24, 2.45) is 0 Å². The zero-order valence-corrected chi connectivity index (χ0v) is 14.3. The number of thioether (sulfide) groups is 1. The molecule has 0 radical (unpaired) electrons. The van der Waals surface area contributed by atoms with E-state index in [2.05, 4.69) is 5.32 Å². The van der Waals surface area contributed by atoms with Gasteiger partial charge in [-0.25, -0.2) is 0 Å². The molecule has 1 heterocycles. The molecule has 0 atom stereocenters. The standard InChI is InChI=1S/C16H21ClN2O2S/c1-2-22-14-10-12(17)6-7-13(14)16(21)18-11-15(20)19-8-4-3-5-9-19/h6-7,10H,2-5,8-9,11H2,1H3,(H,18,21). The van der Waals surface area contributed by atoms with Crippen LogP contribution in [0, 0.1) is 0 Å². The molecule has 0 aliphatic carbocycles. The molecule has 1 aliphatic rings. The first-order valence-corrected chi connectivity index (χ1v) is 8.96. The summed E-state index contributed by atoms with van der Waals surface area (Å²) in [4.78, 5) is 27.1. The van der Waals surface area contributed by atoms with E-state index in [9.17, 15) is 9.59 Å². The lowest BCUT2D eigenvalue weighted by Crippen LogP contribution is -2.42. The highest BCUT2D eigenvalue weighted by atomic mass is 35.5. The fraction of sp³-hybridized carbons (Fsp3) is 0.500. The van der Waals surface area contributed by atoms with Crippen LogP contribution in [0.25, 0.3) is 0 Å². The average molecular weight is 341 g/mol. The van der Waals surface area contributed by atoms with E-state index in [4.69, 9.17) is 11.6 Å². The molecule has 0 unspecified atom stereocenters. The number of amides is 2. The van der Waals surface area contributed by atoms with Crippen LogP contribution in [-0.4, -0.2) is 42.1 Å². The second-order valence-electron chi connectivity index (χ2n) is 5.20. The van der Waals surface area contributed by atoms with E-state index < -0.39 is 0 Å². The second kappa shape index (κ2) is 8.44. The minimum absolute atomic E-state index is 0.00768. The smallest absolute Gasteiger partial charge is 0.252 e. The highest BCUT2D eigenvalue weighted by molar-refractivity contribution is 7.99. The number of carbonyl (C=O) groups is 2. The molecule has 4 nitrogen and oxygen atoms in total. The lowest BCUT2D eigenvalue weighted by atomic mass is 10.1. The van der Waals surface area contributed by atoms with Gasteiger partial charge in [0.2, 0.25) is 5.91 Å². The number of nitrogens with one attached hydrogen (secondary N) is 1. The van der Waals surface area contributed by atoms with Gasteiger partial charge in [-0.2, -0.15) is 0 Å². The third-order valence-corrected chi connectivity index (χ3v) is 4.77. The molecule has 1 N–H and O–H groups in total. The van der Waals surface area contributed by atoms with Gasteiger partial charge in [0.15, 0.2) is 0 Å². The maximum Gasteiger partial charge on any atom is 0.252 e. The largest absolute Gasteiger partial charge is 0.343 e. The molecule has 2 rings (SSSR count). The highest BCUT2D eigenvalue weighted by Crippen LogP contribution is 2.26. The Morgan fingerprint density at radius 3 is 2.68 bits per heavy atom. The van der Waals surface area contributed by atoms with Gasteiger partial charge in [-0.05, 0) is 43.2 Å². The van der Waals surface area contributed by atoms with Gasteiger partial charge in [0, 0.05) is 23.0 Å². The zero-order chi connectivity index (χ0) is 15.9. The lowest BCUT2D eigenvalue weighted by Gasteiger charge is -2.26. The van der Waals surface area contributed by atoms with E-state index in [0.717, 1.165) is 36.6 Å². The molecule has 0 spiro atoms. The van der Waals surface area contributed by atoms with Crippen LogP contribution in [-0.2, 0) is 4.79 Å². The Labute approximate surface area is 140 Å². The first-order valence-electron chi connectivity index (χ1n) is 7.60. The zero-order valence-electron chi connectivity index (χ0n) is 12.7. The molecule has 120 valence electrons. The fourth-order valence-electron chi connectivity index (χ4n) is 2.46. The van der Waals surface area contributed by atoms with Crippen LogP contribution < -0.4 is 5.32 Å². The molecule has 2 amide bonds. The predicted octanol–water partition coefficient (Wildman–Crippen LogP) is 3.19. The number of hydrogen-bond donors (Lipinski definition) is 1. The molecule has 22 heavy (non-hydrogen) atoms. The molecule has 6 heteroatoms. The lowest BCUT2D eigenvalue weighted by molar-refractivity contribution is -0.130. The molecule has 1 saturated heterocycles. The van der Waals surface area contributed by atoms with Crippen LogP contribution >= 0.6 is 23.4 Å². The molecule has 0 aromatic heterocycles. The first kappa shape index (κ1) is 17.2. The number of carbonyl (C=O) groups excluding carboxylic acids is 2. The quantitative estimate of drug-likeness (QED) is 0.837. The van der Waals surface area contributed by atoms with Crippen molar-refractivity contribution < 1.29 is 9.59 Å². The van der Waals surface area contributed by atoms with E-state index in [1.54, 1.807) is 30.0 Å². The fourth-order valence-corrected chi connectivity index (χ4v) is 3.54. The third kappa shape index (κ3) is 4.65. The summed E-state index contributed by atoms with van der Waals surface area (Å²) in [5, 5.41) is 3.34. The van der Waals surface area contributed by atoms with Crippen molar-refractivity contribution in [3.8, 4) is 0 Å². The van der Waals surface area contributed by atoms with Gasteiger partial charge >= 0.3 is 0 Å². The normalized spacial score (nSPS) is 14.7. The summed E-state index contributed by atoms with van der Waals surface area (Å²) in [6.45, 7) is 3.67. The number of halogens is 1. The van der Waals surface area contributed by atoms with Gasteiger partial charge in [-0.15, -0.1) is 11.8 Å². The molecule has 1 aliphatic heterocycles. The number of nitrogens with zero attached hydrogens (tertiary/aromatic N) is 1. The summed E-state index contributed by atoms with van der Waals surface area (Å²) in [6.07, 6.45) is 3.28. The Hall–Kier alpha value is -1.20. The van der Waals surface area contributed by atoms with Crippen LogP contribution in [0.5, 0.6) is 0 Å². The van der Waals surface area contributed by atoms with Crippen LogP contribution in [0.2, 0.25) is 5.02 Å². The molecule has 1 aromatic rings. The number of hydrogen-bond acceptors (Lipinski definition) is 3. The average Bonchev–Trinajstić information content (AvgIpc) is 2.53. The summed E-state index contributed by atoms with van der Waals surface area (Å²) < 4.78 is 0. The summed E-state index contributed by atoms with van der Waals surface area (Å²) in [5.74, 6) is 0.623. The van der Waals surface area contributed by atoms with E-state index in [0.29, 0.717) is 10.6 Å². The predicted molar refractivity (Wildman–Crippen MR) is 90.6 cm³/mol. The van der Waals surface area contributed by atoms with Crippen molar-refractivity contribution in [1.29, 1.82) is 0 Å². The second-order valence-corrected chi connectivity index (χ2v) is 6.94. The Bertz CT molecular complexity index is 545. The van der Waals surface area contributed by atoms with Crippen LogP contribution in [0.3, 0.4) is 0 Å². The van der Waals surface area contributed by atoms with Crippen molar-refractivity contribution >= 4 is 35.2 Å². The van der Waals surface area contributed by atoms with Crippen molar-refractivity contribution in [3.63, 3.8) is 0 Å². The Morgan fingerprint density at radius 2 is 2.00 bits per heavy atom. The monoisotopic (exact) mass is 340 g/mol. The first-order chi connectivity index (χ1) is 10.6. The maximum atomic E-state index is 12.3. The maximum absolute atomic E-state index is 12.3. The third-order valence-electron chi connectivity index (χ3n) is 3.60. The van der Waals surface area contributed by atoms with Crippen LogP contribution in [0.15, 0.2) is 23.1 Å². The van der Waals surface area contributed by atoms with E-state index >= 15 is 0 Å². The SMILES string of the molecule is CCSc1cc(Cl)ccc1C(=O)NCC(=O)N1CCCCC1. The Morgan fingerprint density at radius 1 is 1.27 bits per heavy atom. The van der Waals surface area contributed by atoms with Gasteiger partial charge in [0.25, 0.3) is 5.91 Å². The van der Waals surface area contributed by atoms with E-state index in [-0.39, 0.29) is 18.4 Å². The van der Waals surface area contributed by atoms with Gasteiger partial charge in [0.1, 0.15) is 0 Å². The van der Waals surface area contributed by atoms with E-state index in [1.165, 1.54) is 6.42 Å². The number of piperidine rings is 1.